The van der Waals surface area contributed by atoms with Gasteiger partial charge in [0, 0.05) is 30.4 Å². The van der Waals surface area contributed by atoms with Gasteiger partial charge in [0.25, 0.3) is 0 Å². The first-order valence-corrected chi connectivity index (χ1v) is 8.42. The second-order valence-corrected chi connectivity index (χ2v) is 7.45. The van der Waals surface area contributed by atoms with E-state index in [1.165, 1.54) is 0 Å². The fourth-order valence-corrected chi connectivity index (χ4v) is 2.72. The minimum atomic E-state index is -0.483. The first-order valence-electron chi connectivity index (χ1n) is 7.63. The Balaban J connectivity index is 1.91. The average Bonchev–Trinajstić information content (AvgIpc) is 2.48. The molecule has 0 atom stereocenters. The Labute approximate surface area is 145 Å². The largest absolute Gasteiger partial charge is 0.489 e. The molecule has 1 aromatic rings. The lowest BCUT2D eigenvalue weighted by atomic mass is 10.1. The third kappa shape index (κ3) is 5.14. The molecule has 0 N–H and O–H groups in total. The second-order valence-electron chi connectivity index (χ2n) is 6.54. The molecule has 23 heavy (non-hydrogen) atoms. The highest BCUT2D eigenvalue weighted by Gasteiger charge is 2.27. The number of hydrogen-bond acceptors (Lipinski definition) is 4. The molecular formula is C17H21BrN2O3. The van der Waals surface area contributed by atoms with Gasteiger partial charge >= 0.3 is 6.09 Å². The van der Waals surface area contributed by atoms with Crippen LogP contribution in [0.3, 0.4) is 0 Å². The van der Waals surface area contributed by atoms with Crippen molar-refractivity contribution in [1.82, 2.24) is 4.90 Å². The smallest absolute Gasteiger partial charge is 0.410 e. The van der Waals surface area contributed by atoms with E-state index < -0.39 is 5.60 Å². The summed E-state index contributed by atoms with van der Waals surface area (Å²) >= 11 is 3.35. The van der Waals surface area contributed by atoms with Gasteiger partial charge in [0.05, 0.1) is 5.56 Å². The zero-order valence-corrected chi connectivity index (χ0v) is 15.2. The molecule has 1 aliphatic heterocycles. The lowest BCUT2D eigenvalue weighted by Gasteiger charge is -2.33. The van der Waals surface area contributed by atoms with Gasteiger partial charge in [-0.3, -0.25) is 0 Å². The Morgan fingerprint density at radius 2 is 2.00 bits per heavy atom. The van der Waals surface area contributed by atoms with Gasteiger partial charge in [-0.1, -0.05) is 15.9 Å². The van der Waals surface area contributed by atoms with Crippen LogP contribution in [0.1, 0.15) is 39.2 Å². The fourth-order valence-electron chi connectivity index (χ4n) is 2.35. The maximum atomic E-state index is 12.0. The van der Waals surface area contributed by atoms with Gasteiger partial charge in [-0.15, -0.1) is 0 Å². The summed E-state index contributed by atoms with van der Waals surface area (Å²) in [6.07, 6.45) is 1.17. The van der Waals surface area contributed by atoms with Gasteiger partial charge < -0.3 is 14.4 Å². The van der Waals surface area contributed by atoms with Crippen molar-refractivity contribution in [2.45, 2.75) is 45.3 Å². The third-order valence-corrected chi connectivity index (χ3v) is 3.94. The summed E-state index contributed by atoms with van der Waals surface area (Å²) in [4.78, 5) is 13.7. The topological polar surface area (TPSA) is 62.6 Å². The molecule has 124 valence electrons. The van der Waals surface area contributed by atoms with Crippen LogP contribution in [0.4, 0.5) is 4.79 Å². The van der Waals surface area contributed by atoms with E-state index in [0.29, 0.717) is 24.4 Å². The Bertz CT molecular complexity index is 611. The number of nitriles is 1. The number of rotatable bonds is 2. The van der Waals surface area contributed by atoms with Crippen LogP contribution in [0, 0.1) is 11.3 Å². The zero-order valence-electron chi connectivity index (χ0n) is 13.6. The Hall–Kier alpha value is -1.74. The Morgan fingerprint density at radius 3 is 2.57 bits per heavy atom. The number of piperidine rings is 1. The van der Waals surface area contributed by atoms with Crippen LogP contribution >= 0.6 is 15.9 Å². The lowest BCUT2D eigenvalue weighted by molar-refractivity contribution is 0.0126. The second kappa shape index (κ2) is 7.22. The molecule has 1 aliphatic rings. The van der Waals surface area contributed by atoms with Crippen molar-refractivity contribution in [2.24, 2.45) is 0 Å². The minimum Gasteiger partial charge on any atom is -0.489 e. The molecule has 1 fully saturated rings. The Morgan fingerprint density at radius 1 is 1.35 bits per heavy atom. The highest BCUT2D eigenvalue weighted by Crippen LogP contribution is 2.26. The van der Waals surface area contributed by atoms with Crippen LogP contribution in [0.25, 0.3) is 0 Å². The number of halogens is 1. The third-order valence-electron chi connectivity index (χ3n) is 3.45. The number of nitrogens with zero attached hydrogens (tertiary/aromatic N) is 2. The fraction of sp³-hybridized carbons (Fsp3) is 0.529. The summed E-state index contributed by atoms with van der Waals surface area (Å²) in [5.41, 5.74) is 0.0257. The van der Waals surface area contributed by atoms with Crippen molar-refractivity contribution in [3.63, 3.8) is 0 Å². The molecule has 0 aliphatic carbocycles. The van der Waals surface area contributed by atoms with E-state index >= 15 is 0 Å². The molecule has 6 heteroatoms. The van der Waals surface area contributed by atoms with E-state index in [1.807, 2.05) is 26.8 Å². The van der Waals surface area contributed by atoms with Crippen molar-refractivity contribution in [3.8, 4) is 11.8 Å². The summed E-state index contributed by atoms with van der Waals surface area (Å²) in [6, 6.07) is 7.53. The normalized spacial score (nSPS) is 15.9. The summed E-state index contributed by atoms with van der Waals surface area (Å²) in [6.45, 7) is 6.77. The molecule has 0 unspecified atom stereocenters. The SMILES string of the molecule is CC(C)(C)OC(=O)N1CCC(Oc2ccc(Br)cc2C#N)CC1. The van der Waals surface area contributed by atoms with Gasteiger partial charge in [0.2, 0.25) is 0 Å². The van der Waals surface area contributed by atoms with Crippen LogP contribution < -0.4 is 4.74 Å². The average molecular weight is 381 g/mol. The molecular weight excluding hydrogens is 360 g/mol. The number of carbonyl (C=O) groups is 1. The zero-order chi connectivity index (χ0) is 17.0. The van der Waals surface area contributed by atoms with Crippen molar-refractivity contribution in [2.75, 3.05) is 13.1 Å². The van der Waals surface area contributed by atoms with Crippen LogP contribution in [0.2, 0.25) is 0 Å². The monoisotopic (exact) mass is 380 g/mol. The Kier molecular flexibility index (Phi) is 5.53. The molecule has 5 nitrogen and oxygen atoms in total. The number of amides is 1. The van der Waals surface area contributed by atoms with Crippen LogP contribution in [0.5, 0.6) is 5.75 Å². The van der Waals surface area contributed by atoms with E-state index in [0.717, 1.165) is 17.3 Å². The molecule has 0 spiro atoms. The van der Waals surface area contributed by atoms with Crippen molar-refractivity contribution >= 4 is 22.0 Å². The quantitative estimate of drug-likeness (QED) is 0.774. The van der Waals surface area contributed by atoms with Gasteiger partial charge in [0.1, 0.15) is 23.5 Å². The standard InChI is InChI=1S/C17H21BrN2O3/c1-17(2,3)23-16(21)20-8-6-14(7-9-20)22-15-5-4-13(18)10-12(15)11-19/h4-5,10,14H,6-9H2,1-3H3. The van der Waals surface area contributed by atoms with E-state index in [1.54, 1.807) is 17.0 Å². The molecule has 0 radical (unpaired) electrons. The van der Waals surface area contributed by atoms with Crippen molar-refractivity contribution in [1.29, 1.82) is 5.26 Å². The van der Waals surface area contributed by atoms with Crippen LogP contribution in [0.15, 0.2) is 22.7 Å². The van der Waals surface area contributed by atoms with E-state index in [-0.39, 0.29) is 12.2 Å². The summed E-state index contributed by atoms with van der Waals surface area (Å²) in [5.74, 6) is 0.589. The predicted molar refractivity (Wildman–Crippen MR) is 90.3 cm³/mol. The minimum absolute atomic E-state index is 0.00182. The highest BCUT2D eigenvalue weighted by atomic mass is 79.9. The maximum absolute atomic E-state index is 12.0. The van der Waals surface area contributed by atoms with Crippen LogP contribution in [-0.2, 0) is 4.74 Å². The number of ether oxygens (including phenoxy) is 2. The highest BCUT2D eigenvalue weighted by molar-refractivity contribution is 9.10. The molecule has 0 aromatic heterocycles. The first-order chi connectivity index (χ1) is 10.8. The van der Waals surface area contributed by atoms with Crippen LogP contribution in [-0.4, -0.2) is 35.8 Å². The summed E-state index contributed by atoms with van der Waals surface area (Å²) < 4.78 is 12.2. The van der Waals surface area contributed by atoms with Crippen molar-refractivity contribution in [3.05, 3.63) is 28.2 Å². The van der Waals surface area contributed by atoms with E-state index in [2.05, 4.69) is 22.0 Å². The van der Waals surface area contributed by atoms with Gasteiger partial charge in [-0.2, -0.15) is 5.26 Å². The lowest BCUT2D eigenvalue weighted by Crippen LogP contribution is -2.44. The van der Waals surface area contributed by atoms with Gasteiger partial charge in [0.15, 0.2) is 0 Å². The number of likely N-dealkylation sites (tertiary alicyclic amines) is 1. The maximum Gasteiger partial charge on any atom is 0.410 e. The summed E-state index contributed by atoms with van der Waals surface area (Å²) in [5, 5.41) is 9.18. The van der Waals surface area contributed by atoms with E-state index in [4.69, 9.17) is 9.47 Å². The predicted octanol–water partition coefficient (Wildman–Crippen LogP) is 4.10. The van der Waals surface area contributed by atoms with Crippen molar-refractivity contribution < 1.29 is 14.3 Å². The molecule has 1 saturated heterocycles. The van der Waals surface area contributed by atoms with Gasteiger partial charge in [-0.25, -0.2) is 4.79 Å². The molecule has 1 amide bonds. The van der Waals surface area contributed by atoms with Gasteiger partial charge in [-0.05, 0) is 39.0 Å². The summed E-state index contributed by atoms with van der Waals surface area (Å²) in [7, 11) is 0. The molecule has 1 aromatic carbocycles. The number of carbonyl (C=O) groups excluding carboxylic acids is 1. The first kappa shape index (κ1) is 17.6. The molecule has 1 heterocycles. The number of hydrogen-bond donors (Lipinski definition) is 0. The van der Waals surface area contributed by atoms with E-state index in [9.17, 15) is 10.1 Å². The molecule has 0 bridgehead atoms. The molecule has 2 rings (SSSR count). The molecule has 0 saturated carbocycles. The number of benzene rings is 1.